The Labute approximate surface area is 172 Å². The molecule has 3 aromatic carbocycles. The van der Waals surface area contributed by atoms with E-state index >= 15 is 0 Å². The average molecular weight is 390 g/mol. The fourth-order valence-electron chi connectivity index (χ4n) is 2.85. The lowest BCUT2D eigenvalue weighted by atomic mass is 10.1. The highest BCUT2D eigenvalue weighted by molar-refractivity contribution is 5.75. The third kappa shape index (κ3) is 6.11. The summed E-state index contributed by atoms with van der Waals surface area (Å²) in [5.41, 5.74) is 1.93. The van der Waals surface area contributed by atoms with E-state index in [4.69, 9.17) is 14.2 Å². The zero-order valence-electron chi connectivity index (χ0n) is 17.0. The summed E-state index contributed by atoms with van der Waals surface area (Å²) in [5, 5.41) is 0. The molecule has 0 fully saturated rings. The van der Waals surface area contributed by atoms with E-state index in [-0.39, 0.29) is 18.5 Å². The van der Waals surface area contributed by atoms with Gasteiger partial charge in [0.05, 0.1) is 0 Å². The van der Waals surface area contributed by atoms with E-state index in [0.717, 1.165) is 16.9 Å². The van der Waals surface area contributed by atoms with Crippen molar-refractivity contribution < 1.29 is 19.0 Å². The lowest BCUT2D eigenvalue weighted by Crippen LogP contribution is -2.34. The first-order chi connectivity index (χ1) is 14.0. The van der Waals surface area contributed by atoms with E-state index in [1.807, 2.05) is 99.6 Å². The minimum Gasteiger partial charge on any atom is -0.478 e. The number of para-hydroxylation sites is 1. The first kappa shape index (κ1) is 20.5. The summed E-state index contributed by atoms with van der Waals surface area (Å²) in [5.74, 6) is 1.72. The van der Waals surface area contributed by atoms with Gasteiger partial charge in [-0.2, -0.15) is 0 Å². The van der Waals surface area contributed by atoms with Crippen LogP contribution in [-0.4, -0.2) is 12.1 Å². The second kappa shape index (κ2) is 9.78. The molecule has 0 heterocycles. The van der Waals surface area contributed by atoms with Crippen LogP contribution in [0.5, 0.6) is 17.2 Å². The number of carbonyl (C=O) groups excluding carboxylic acids is 1. The van der Waals surface area contributed by atoms with Gasteiger partial charge in [-0.25, -0.2) is 4.79 Å². The van der Waals surface area contributed by atoms with Crippen LogP contribution in [0.2, 0.25) is 0 Å². The van der Waals surface area contributed by atoms with Gasteiger partial charge in [0.1, 0.15) is 23.9 Å². The molecule has 0 aliphatic rings. The smallest absolute Gasteiger partial charge is 0.347 e. The van der Waals surface area contributed by atoms with E-state index in [2.05, 4.69) is 0 Å². The van der Waals surface area contributed by atoms with Gasteiger partial charge in [-0.05, 0) is 54.4 Å². The minimum absolute atomic E-state index is 0.0178. The predicted molar refractivity (Wildman–Crippen MR) is 113 cm³/mol. The molecular weight excluding hydrogens is 364 g/mol. The number of rotatable bonds is 8. The Kier molecular flexibility index (Phi) is 6.90. The van der Waals surface area contributed by atoms with Crippen LogP contribution in [-0.2, 0) is 16.1 Å². The van der Waals surface area contributed by atoms with Gasteiger partial charge in [-0.15, -0.1) is 0 Å². The molecule has 1 atom stereocenters. The van der Waals surface area contributed by atoms with Gasteiger partial charge in [0.15, 0.2) is 6.10 Å². The molecule has 0 saturated heterocycles. The fourth-order valence-corrected chi connectivity index (χ4v) is 2.85. The van der Waals surface area contributed by atoms with Crippen molar-refractivity contribution in [1.29, 1.82) is 0 Å². The Morgan fingerprint density at radius 3 is 2.24 bits per heavy atom. The highest BCUT2D eigenvalue weighted by atomic mass is 16.6. The molecule has 4 nitrogen and oxygen atoms in total. The van der Waals surface area contributed by atoms with E-state index < -0.39 is 6.10 Å². The molecule has 3 aromatic rings. The zero-order valence-corrected chi connectivity index (χ0v) is 17.0. The Balaban J connectivity index is 1.61. The van der Waals surface area contributed by atoms with Crippen molar-refractivity contribution in [3.8, 4) is 17.2 Å². The van der Waals surface area contributed by atoms with Crippen molar-refractivity contribution in [3.05, 3.63) is 90.0 Å². The van der Waals surface area contributed by atoms with Crippen molar-refractivity contribution in [1.82, 2.24) is 0 Å². The second-order valence-corrected chi connectivity index (χ2v) is 7.27. The van der Waals surface area contributed by atoms with Crippen molar-refractivity contribution in [3.63, 3.8) is 0 Å². The van der Waals surface area contributed by atoms with Gasteiger partial charge in [0, 0.05) is 5.92 Å². The Hall–Kier alpha value is -3.27. The third-order valence-electron chi connectivity index (χ3n) is 4.35. The van der Waals surface area contributed by atoms with Crippen LogP contribution in [0.4, 0.5) is 0 Å². The van der Waals surface area contributed by atoms with E-state index in [9.17, 15) is 4.79 Å². The molecule has 0 bridgehead atoms. The summed E-state index contributed by atoms with van der Waals surface area (Å²) >= 11 is 0. The number of aryl methyl sites for hydroxylation is 1. The second-order valence-electron chi connectivity index (χ2n) is 7.27. The van der Waals surface area contributed by atoms with E-state index in [1.165, 1.54) is 0 Å². The first-order valence-electron chi connectivity index (χ1n) is 9.73. The zero-order chi connectivity index (χ0) is 20.6. The topological polar surface area (TPSA) is 44.8 Å². The summed E-state index contributed by atoms with van der Waals surface area (Å²) in [7, 11) is 0. The molecule has 0 amide bonds. The fraction of sp³-hybridized carbons (Fsp3) is 0.240. The van der Waals surface area contributed by atoms with Gasteiger partial charge in [-0.1, -0.05) is 56.3 Å². The SMILES string of the molecule is Cc1cccc(OC(C(=O)OCc2cccc(Oc3ccccc3)c2)C(C)C)c1. The van der Waals surface area contributed by atoms with Crippen LogP contribution in [0.25, 0.3) is 0 Å². The monoisotopic (exact) mass is 390 g/mol. The number of ether oxygens (including phenoxy) is 3. The van der Waals surface area contributed by atoms with E-state index in [1.54, 1.807) is 0 Å². The Morgan fingerprint density at radius 1 is 0.828 bits per heavy atom. The maximum Gasteiger partial charge on any atom is 0.347 e. The van der Waals surface area contributed by atoms with Crippen molar-refractivity contribution >= 4 is 5.97 Å². The van der Waals surface area contributed by atoms with Gasteiger partial charge >= 0.3 is 5.97 Å². The predicted octanol–water partition coefficient (Wildman–Crippen LogP) is 5.93. The largest absolute Gasteiger partial charge is 0.478 e. The molecule has 0 aliphatic carbocycles. The number of benzene rings is 3. The summed E-state index contributed by atoms with van der Waals surface area (Å²) in [4.78, 5) is 12.6. The molecule has 0 N–H and O–H groups in total. The van der Waals surface area contributed by atoms with Gasteiger partial charge < -0.3 is 14.2 Å². The van der Waals surface area contributed by atoms with Crippen LogP contribution in [0.1, 0.15) is 25.0 Å². The molecule has 0 spiro atoms. The van der Waals surface area contributed by atoms with E-state index in [0.29, 0.717) is 11.5 Å². The normalized spacial score (nSPS) is 11.7. The molecule has 29 heavy (non-hydrogen) atoms. The van der Waals surface area contributed by atoms with Crippen LogP contribution in [0.3, 0.4) is 0 Å². The van der Waals surface area contributed by atoms with Crippen molar-refractivity contribution in [2.45, 2.75) is 33.5 Å². The van der Waals surface area contributed by atoms with Crippen LogP contribution < -0.4 is 9.47 Å². The van der Waals surface area contributed by atoms with Gasteiger partial charge in [0.2, 0.25) is 0 Å². The highest BCUT2D eigenvalue weighted by Gasteiger charge is 2.26. The van der Waals surface area contributed by atoms with Crippen molar-refractivity contribution in [2.75, 3.05) is 0 Å². The summed E-state index contributed by atoms with van der Waals surface area (Å²) in [6.45, 7) is 6.03. The van der Waals surface area contributed by atoms with Crippen molar-refractivity contribution in [2.24, 2.45) is 5.92 Å². The summed E-state index contributed by atoms with van der Waals surface area (Å²) in [6, 6.07) is 24.7. The molecule has 3 rings (SSSR count). The van der Waals surface area contributed by atoms with Gasteiger partial charge in [0.25, 0.3) is 0 Å². The Bertz CT molecular complexity index is 934. The number of hydrogen-bond donors (Lipinski definition) is 0. The number of hydrogen-bond acceptors (Lipinski definition) is 4. The van der Waals surface area contributed by atoms with Crippen LogP contribution in [0.15, 0.2) is 78.9 Å². The number of carbonyl (C=O) groups is 1. The lowest BCUT2D eigenvalue weighted by molar-refractivity contribution is -0.155. The number of esters is 1. The highest BCUT2D eigenvalue weighted by Crippen LogP contribution is 2.23. The summed E-state index contributed by atoms with van der Waals surface area (Å²) < 4.78 is 17.3. The summed E-state index contributed by atoms with van der Waals surface area (Å²) in [6.07, 6.45) is -0.666. The minimum atomic E-state index is -0.666. The molecule has 0 radical (unpaired) electrons. The third-order valence-corrected chi connectivity index (χ3v) is 4.35. The lowest BCUT2D eigenvalue weighted by Gasteiger charge is -2.21. The maximum atomic E-state index is 12.6. The standard InChI is InChI=1S/C25H26O4/c1-18(2)24(29-22-13-7-9-19(3)15-22)25(26)27-17-20-10-8-14-23(16-20)28-21-11-5-4-6-12-21/h4-16,18,24H,17H2,1-3H3. The molecular formula is C25H26O4. The molecule has 0 aromatic heterocycles. The van der Waals surface area contributed by atoms with Gasteiger partial charge in [-0.3, -0.25) is 0 Å². The molecule has 4 heteroatoms. The molecule has 0 aliphatic heterocycles. The molecule has 0 saturated carbocycles. The quantitative estimate of drug-likeness (QED) is 0.447. The maximum absolute atomic E-state index is 12.6. The first-order valence-corrected chi connectivity index (χ1v) is 9.73. The van der Waals surface area contributed by atoms with Crippen LogP contribution >= 0.6 is 0 Å². The Morgan fingerprint density at radius 2 is 1.52 bits per heavy atom. The van der Waals surface area contributed by atoms with Crippen LogP contribution in [0, 0.1) is 12.8 Å². The average Bonchev–Trinajstić information content (AvgIpc) is 2.71. The molecule has 1 unspecified atom stereocenters. The molecule has 150 valence electrons.